The fraction of sp³-hybridized carbons (Fsp3) is 0.464. The van der Waals surface area contributed by atoms with Crippen molar-refractivity contribution in [1.82, 2.24) is 20.4 Å². The molecule has 7 nitrogen and oxygen atoms in total. The van der Waals surface area contributed by atoms with Gasteiger partial charge in [0.1, 0.15) is 5.75 Å². The summed E-state index contributed by atoms with van der Waals surface area (Å²) in [5, 5.41) is 7.27. The van der Waals surface area contributed by atoms with Crippen LogP contribution in [0.4, 0.5) is 0 Å². The minimum absolute atomic E-state index is 0.0107. The van der Waals surface area contributed by atoms with E-state index in [0.29, 0.717) is 31.3 Å². The van der Waals surface area contributed by atoms with Crippen LogP contribution in [0.1, 0.15) is 49.6 Å². The van der Waals surface area contributed by atoms with Crippen molar-refractivity contribution in [1.29, 1.82) is 0 Å². The van der Waals surface area contributed by atoms with Crippen LogP contribution in [0.5, 0.6) is 5.75 Å². The third-order valence-electron chi connectivity index (χ3n) is 6.37. The molecule has 35 heavy (non-hydrogen) atoms. The second-order valence-corrected chi connectivity index (χ2v) is 9.30. The van der Waals surface area contributed by atoms with E-state index in [9.17, 15) is 4.79 Å². The first-order valence-electron chi connectivity index (χ1n) is 12.7. The maximum atomic E-state index is 12.8. The molecule has 1 aromatic heterocycles. The third kappa shape index (κ3) is 7.15. The van der Waals surface area contributed by atoms with Gasteiger partial charge in [-0.1, -0.05) is 60.1 Å². The lowest BCUT2D eigenvalue weighted by Gasteiger charge is -2.30. The highest BCUT2D eigenvalue weighted by Gasteiger charge is 2.26. The highest BCUT2D eigenvalue weighted by molar-refractivity contribution is 5.78. The number of piperidine rings is 1. The number of carbonyl (C=O) groups excluding carboxylic acids is 1. The highest BCUT2D eigenvalue weighted by Crippen LogP contribution is 2.22. The molecular formula is C28H36N4O3. The van der Waals surface area contributed by atoms with Crippen molar-refractivity contribution in [3.8, 4) is 17.1 Å². The smallest absolute Gasteiger partial charge is 0.241 e. The molecule has 186 valence electrons. The van der Waals surface area contributed by atoms with Gasteiger partial charge in [-0.15, -0.1) is 0 Å². The van der Waals surface area contributed by atoms with Gasteiger partial charge in [0.2, 0.25) is 17.6 Å². The fourth-order valence-electron chi connectivity index (χ4n) is 4.44. The minimum atomic E-state index is -0.0107. The number of para-hydroxylation sites is 1. The Balaban J connectivity index is 1.22. The summed E-state index contributed by atoms with van der Waals surface area (Å²) in [5.74, 6) is 2.27. The molecule has 1 aliphatic heterocycles. The summed E-state index contributed by atoms with van der Waals surface area (Å²) in [7, 11) is 0. The number of nitrogens with one attached hydrogen (secondary N) is 1. The Morgan fingerprint density at radius 3 is 2.86 bits per heavy atom. The van der Waals surface area contributed by atoms with Crippen molar-refractivity contribution in [2.45, 2.75) is 52.5 Å². The van der Waals surface area contributed by atoms with Crippen LogP contribution in [0.25, 0.3) is 11.4 Å². The zero-order valence-electron chi connectivity index (χ0n) is 20.8. The molecule has 1 atom stereocenters. The van der Waals surface area contributed by atoms with Gasteiger partial charge in [0.15, 0.2) is 0 Å². The quantitative estimate of drug-likeness (QED) is 0.401. The zero-order chi connectivity index (χ0) is 24.5. The molecule has 1 fully saturated rings. The molecule has 1 amide bonds. The number of ether oxygens (including phenoxy) is 1. The van der Waals surface area contributed by atoms with Crippen LogP contribution in [0.2, 0.25) is 0 Å². The number of rotatable bonds is 11. The predicted octanol–water partition coefficient (Wildman–Crippen LogP) is 4.79. The number of amides is 1. The molecule has 2 heterocycles. The van der Waals surface area contributed by atoms with Crippen LogP contribution < -0.4 is 10.1 Å². The Morgan fingerprint density at radius 1 is 1.20 bits per heavy atom. The first-order valence-corrected chi connectivity index (χ1v) is 12.7. The van der Waals surface area contributed by atoms with Crippen LogP contribution in [-0.4, -0.2) is 47.2 Å². The normalized spacial score (nSPS) is 16.2. The lowest BCUT2D eigenvalue weighted by Crippen LogP contribution is -2.43. The number of hydrogen-bond acceptors (Lipinski definition) is 6. The second kappa shape index (κ2) is 12.5. The molecule has 1 aliphatic rings. The van der Waals surface area contributed by atoms with E-state index < -0.39 is 0 Å². The molecule has 3 aromatic rings. The van der Waals surface area contributed by atoms with E-state index in [1.807, 2.05) is 42.5 Å². The summed E-state index contributed by atoms with van der Waals surface area (Å²) in [5.41, 5.74) is 3.34. The van der Waals surface area contributed by atoms with E-state index >= 15 is 0 Å². The summed E-state index contributed by atoms with van der Waals surface area (Å²) in [6, 6.07) is 16.3. The van der Waals surface area contributed by atoms with Crippen molar-refractivity contribution >= 4 is 5.91 Å². The van der Waals surface area contributed by atoms with Crippen LogP contribution in [0.3, 0.4) is 0 Å². The number of carbonyl (C=O) groups is 1. The van der Waals surface area contributed by atoms with Gasteiger partial charge in [-0.3, -0.25) is 9.69 Å². The predicted molar refractivity (Wildman–Crippen MR) is 136 cm³/mol. The number of hydrogen-bond donors (Lipinski definition) is 1. The standard InChI is InChI=1S/C28H36N4O3/c1-3-18-34-25-11-5-4-8-22(25)9-6-16-29-28(33)24-10-7-17-32(19-24)20-26-30-27(31-35-26)23-14-12-21(2)13-15-23/h4-5,8,11-15,24H,3,6-7,9-10,16-20H2,1-2H3,(H,29,33). The number of nitrogens with zero attached hydrogens (tertiary/aromatic N) is 3. The van der Waals surface area contributed by atoms with Crippen molar-refractivity contribution in [2.24, 2.45) is 5.92 Å². The SMILES string of the molecule is CCCOc1ccccc1CCCNC(=O)C1CCCN(Cc2nc(-c3ccc(C)cc3)no2)C1. The van der Waals surface area contributed by atoms with Crippen molar-refractivity contribution in [3.05, 3.63) is 65.5 Å². The Kier molecular flexibility index (Phi) is 8.90. The lowest BCUT2D eigenvalue weighted by molar-refractivity contribution is -0.126. The number of benzene rings is 2. The summed E-state index contributed by atoms with van der Waals surface area (Å²) >= 11 is 0. The molecule has 7 heteroatoms. The van der Waals surface area contributed by atoms with Gasteiger partial charge in [0.25, 0.3) is 0 Å². The number of aryl methyl sites for hydroxylation is 2. The fourth-order valence-corrected chi connectivity index (χ4v) is 4.44. The molecule has 0 radical (unpaired) electrons. The van der Waals surface area contributed by atoms with Crippen LogP contribution in [-0.2, 0) is 17.8 Å². The van der Waals surface area contributed by atoms with Crippen molar-refractivity contribution < 1.29 is 14.1 Å². The molecule has 0 saturated carbocycles. The second-order valence-electron chi connectivity index (χ2n) is 9.30. The van der Waals surface area contributed by atoms with E-state index in [4.69, 9.17) is 9.26 Å². The Hall–Kier alpha value is -3.19. The lowest BCUT2D eigenvalue weighted by atomic mass is 9.97. The molecule has 1 unspecified atom stereocenters. The first-order chi connectivity index (χ1) is 17.1. The molecule has 1 N–H and O–H groups in total. The summed E-state index contributed by atoms with van der Waals surface area (Å²) < 4.78 is 11.3. The molecule has 2 aromatic carbocycles. The molecular weight excluding hydrogens is 440 g/mol. The third-order valence-corrected chi connectivity index (χ3v) is 6.37. The Bertz CT molecular complexity index is 1080. The minimum Gasteiger partial charge on any atom is -0.493 e. The van der Waals surface area contributed by atoms with E-state index in [1.54, 1.807) is 0 Å². The Morgan fingerprint density at radius 2 is 2.03 bits per heavy atom. The van der Waals surface area contributed by atoms with Crippen LogP contribution in [0, 0.1) is 12.8 Å². The molecule has 4 rings (SSSR count). The molecule has 0 aliphatic carbocycles. The molecule has 0 bridgehead atoms. The summed E-state index contributed by atoms with van der Waals surface area (Å²) in [6.07, 6.45) is 4.66. The van der Waals surface area contributed by atoms with Gasteiger partial charge < -0.3 is 14.6 Å². The average molecular weight is 477 g/mol. The zero-order valence-corrected chi connectivity index (χ0v) is 20.8. The van der Waals surface area contributed by atoms with Crippen molar-refractivity contribution in [2.75, 3.05) is 26.2 Å². The molecule has 1 saturated heterocycles. The van der Waals surface area contributed by atoms with E-state index in [-0.39, 0.29) is 11.8 Å². The van der Waals surface area contributed by atoms with Gasteiger partial charge >= 0.3 is 0 Å². The van der Waals surface area contributed by atoms with Crippen molar-refractivity contribution in [3.63, 3.8) is 0 Å². The maximum absolute atomic E-state index is 12.8. The van der Waals surface area contributed by atoms with Gasteiger partial charge in [-0.2, -0.15) is 4.98 Å². The largest absolute Gasteiger partial charge is 0.493 e. The average Bonchev–Trinajstić information content (AvgIpc) is 3.34. The van der Waals surface area contributed by atoms with E-state index in [1.165, 1.54) is 11.1 Å². The van der Waals surface area contributed by atoms with Crippen LogP contribution >= 0.6 is 0 Å². The van der Waals surface area contributed by atoms with Crippen LogP contribution in [0.15, 0.2) is 53.1 Å². The van der Waals surface area contributed by atoms with Gasteiger partial charge in [-0.05, 0) is 57.2 Å². The highest BCUT2D eigenvalue weighted by atomic mass is 16.5. The summed E-state index contributed by atoms with van der Waals surface area (Å²) in [6.45, 7) is 7.76. The van der Waals surface area contributed by atoms with Gasteiger partial charge in [0.05, 0.1) is 19.1 Å². The number of aromatic nitrogens is 2. The monoisotopic (exact) mass is 476 g/mol. The van der Waals surface area contributed by atoms with E-state index in [0.717, 1.165) is 56.6 Å². The maximum Gasteiger partial charge on any atom is 0.241 e. The van der Waals surface area contributed by atoms with Gasteiger partial charge in [-0.25, -0.2) is 0 Å². The van der Waals surface area contributed by atoms with E-state index in [2.05, 4.69) is 40.3 Å². The Labute approximate surface area is 207 Å². The molecule has 0 spiro atoms. The van der Waals surface area contributed by atoms with Gasteiger partial charge in [0, 0.05) is 18.7 Å². The number of likely N-dealkylation sites (tertiary alicyclic amines) is 1. The first kappa shape index (κ1) is 24.9. The summed E-state index contributed by atoms with van der Waals surface area (Å²) in [4.78, 5) is 19.6. The topological polar surface area (TPSA) is 80.5 Å².